The fourth-order valence-electron chi connectivity index (χ4n) is 1.95. The van der Waals surface area contributed by atoms with Gasteiger partial charge in [0.15, 0.2) is 11.5 Å². The van der Waals surface area contributed by atoms with Crippen molar-refractivity contribution in [3.05, 3.63) is 44.8 Å². The van der Waals surface area contributed by atoms with E-state index in [-0.39, 0.29) is 5.82 Å². The molecule has 8 heteroatoms. The highest BCUT2D eigenvalue weighted by Crippen LogP contribution is 2.35. The summed E-state index contributed by atoms with van der Waals surface area (Å²) in [6, 6.07) is 3.71. The number of ether oxygens (including phenoxy) is 2. The maximum Gasteiger partial charge on any atom is 0.381 e. The molecule has 0 saturated carbocycles. The van der Waals surface area contributed by atoms with Crippen LogP contribution < -0.4 is 9.47 Å². The van der Waals surface area contributed by atoms with Gasteiger partial charge in [0, 0.05) is 4.47 Å². The number of fused-ring (bicyclic) bond motifs is 1. The van der Waals surface area contributed by atoms with Gasteiger partial charge in [-0.1, -0.05) is 15.9 Å². The number of nitrogens with zero attached hydrogens (tertiary/aromatic N) is 3. The van der Waals surface area contributed by atoms with Crippen LogP contribution in [0.1, 0.15) is 5.56 Å². The van der Waals surface area contributed by atoms with E-state index in [1.807, 2.05) is 12.1 Å². The van der Waals surface area contributed by atoms with E-state index in [0.717, 1.165) is 10.0 Å². The molecule has 0 N–H and O–H groups in total. The van der Waals surface area contributed by atoms with Gasteiger partial charge in [0.1, 0.15) is 19.4 Å². The van der Waals surface area contributed by atoms with Gasteiger partial charge in [-0.15, -0.1) is 0 Å². The summed E-state index contributed by atoms with van der Waals surface area (Å²) < 4.78 is 13.5. The van der Waals surface area contributed by atoms with Gasteiger partial charge >= 0.3 is 5.82 Å². The van der Waals surface area contributed by atoms with E-state index in [1.54, 1.807) is 4.57 Å². The Kier molecular flexibility index (Phi) is 3.31. The van der Waals surface area contributed by atoms with Crippen molar-refractivity contribution in [3.63, 3.8) is 0 Å². The summed E-state index contributed by atoms with van der Waals surface area (Å²) in [4.78, 5) is 13.8. The first kappa shape index (κ1) is 12.9. The molecular formula is C12H10BrN3O4. The van der Waals surface area contributed by atoms with Crippen molar-refractivity contribution in [2.24, 2.45) is 0 Å². The number of rotatable bonds is 3. The number of hydrogen-bond acceptors (Lipinski definition) is 5. The van der Waals surface area contributed by atoms with Gasteiger partial charge in [0.05, 0.1) is 6.54 Å². The molecule has 0 amide bonds. The number of hydrogen-bond donors (Lipinski definition) is 0. The highest BCUT2D eigenvalue weighted by atomic mass is 79.9. The monoisotopic (exact) mass is 339 g/mol. The van der Waals surface area contributed by atoms with Crippen molar-refractivity contribution in [1.29, 1.82) is 0 Å². The van der Waals surface area contributed by atoms with Crippen LogP contribution in [0.15, 0.2) is 29.1 Å². The molecule has 0 radical (unpaired) electrons. The Hall–Kier alpha value is -2.09. The first-order chi connectivity index (χ1) is 9.63. The van der Waals surface area contributed by atoms with Crippen LogP contribution in [0.2, 0.25) is 0 Å². The fourth-order valence-corrected chi connectivity index (χ4v) is 2.40. The van der Waals surface area contributed by atoms with Gasteiger partial charge in [-0.25, -0.2) is 0 Å². The van der Waals surface area contributed by atoms with Crippen molar-refractivity contribution >= 4 is 21.7 Å². The zero-order valence-corrected chi connectivity index (χ0v) is 11.9. The maximum absolute atomic E-state index is 10.6. The Labute approximate surface area is 122 Å². The second kappa shape index (κ2) is 5.12. The second-order valence-electron chi connectivity index (χ2n) is 4.25. The molecule has 1 aliphatic heterocycles. The largest absolute Gasteiger partial charge is 0.486 e. The Bertz CT molecular complexity index is 671. The first-order valence-corrected chi connectivity index (χ1v) is 6.67. The van der Waals surface area contributed by atoms with Gasteiger partial charge in [-0.2, -0.15) is 0 Å². The fraction of sp³-hybridized carbons (Fsp3) is 0.250. The normalized spacial score (nSPS) is 13.2. The molecule has 0 spiro atoms. The number of aromatic nitrogens is 2. The van der Waals surface area contributed by atoms with Crippen LogP contribution in [-0.4, -0.2) is 27.7 Å². The summed E-state index contributed by atoms with van der Waals surface area (Å²) in [5.41, 5.74) is 0.932. The molecule has 0 fully saturated rings. The van der Waals surface area contributed by atoms with Crippen LogP contribution in [-0.2, 0) is 6.54 Å². The average molecular weight is 340 g/mol. The molecule has 1 aromatic heterocycles. The van der Waals surface area contributed by atoms with E-state index < -0.39 is 4.92 Å². The van der Waals surface area contributed by atoms with Crippen molar-refractivity contribution in [1.82, 2.24) is 9.55 Å². The topological polar surface area (TPSA) is 79.4 Å². The van der Waals surface area contributed by atoms with Crippen LogP contribution in [0, 0.1) is 10.1 Å². The standard InChI is InChI=1S/C12H10BrN3O4/c13-9-4-11-10(19-1-2-20-11)3-8(9)5-15-6-12(14-7-15)16(17)18/h3-4,6-7H,1-2,5H2. The minimum Gasteiger partial charge on any atom is -0.486 e. The predicted molar refractivity (Wildman–Crippen MR) is 73.1 cm³/mol. The molecule has 1 aromatic carbocycles. The van der Waals surface area contributed by atoms with Gasteiger partial charge in [-0.3, -0.25) is 0 Å². The molecule has 1 aliphatic rings. The number of nitro groups is 1. The van der Waals surface area contributed by atoms with E-state index in [9.17, 15) is 10.1 Å². The summed E-state index contributed by atoms with van der Waals surface area (Å²) in [5.74, 6) is 1.21. The van der Waals surface area contributed by atoms with Crippen molar-refractivity contribution < 1.29 is 14.4 Å². The lowest BCUT2D eigenvalue weighted by atomic mass is 10.2. The summed E-state index contributed by atoms with van der Waals surface area (Å²) in [6.45, 7) is 1.51. The molecule has 7 nitrogen and oxygen atoms in total. The Morgan fingerprint density at radius 3 is 2.70 bits per heavy atom. The minimum absolute atomic E-state index is 0.168. The third-order valence-corrected chi connectivity index (χ3v) is 3.61. The van der Waals surface area contributed by atoms with Gasteiger partial charge in [0.2, 0.25) is 6.33 Å². The molecule has 2 heterocycles. The molecule has 20 heavy (non-hydrogen) atoms. The van der Waals surface area contributed by atoms with Crippen molar-refractivity contribution in [2.45, 2.75) is 6.54 Å². The number of benzene rings is 1. The average Bonchev–Trinajstić information content (AvgIpc) is 2.88. The summed E-state index contributed by atoms with van der Waals surface area (Å²) in [6.07, 6.45) is 2.82. The van der Waals surface area contributed by atoms with Crippen LogP contribution in [0.25, 0.3) is 0 Å². The zero-order valence-electron chi connectivity index (χ0n) is 10.3. The summed E-state index contributed by atoms with van der Waals surface area (Å²) >= 11 is 3.47. The van der Waals surface area contributed by atoms with E-state index in [1.165, 1.54) is 12.5 Å². The molecule has 0 saturated heterocycles. The first-order valence-electron chi connectivity index (χ1n) is 5.87. The number of halogens is 1. The Morgan fingerprint density at radius 2 is 2.05 bits per heavy atom. The molecular weight excluding hydrogens is 330 g/mol. The molecule has 104 valence electrons. The molecule has 3 rings (SSSR count). The smallest absolute Gasteiger partial charge is 0.381 e. The van der Waals surface area contributed by atoms with Gasteiger partial charge < -0.3 is 24.2 Å². The van der Waals surface area contributed by atoms with Crippen molar-refractivity contribution in [2.75, 3.05) is 13.2 Å². The lowest BCUT2D eigenvalue weighted by molar-refractivity contribution is -0.389. The molecule has 0 atom stereocenters. The lowest BCUT2D eigenvalue weighted by Gasteiger charge is -2.19. The van der Waals surface area contributed by atoms with Crippen LogP contribution >= 0.6 is 15.9 Å². The Morgan fingerprint density at radius 1 is 1.35 bits per heavy atom. The lowest BCUT2D eigenvalue weighted by Crippen LogP contribution is -2.15. The second-order valence-corrected chi connectivity index (χ2v) is 5.10. The maximum atomic E-state index is 10.6. The van der Waals surface area contributed by atoms with E-state index in [0.29, 0.717) is 31.3 Å². The quantitative estimate of drug-likeness (QED) is 0.633. The third kappa shape index (κ3) is 2.46. The van der Waals surface area contributed by atoms with Gasteiger partial charge in [0.25, 0.3) is 0 Å². The molecule has 0 aliphatic carbocycles. The van der Waals surface area contributed by atoms with E-state index >= 15 is 0 Å². The van der Waals surface area contributed by atoms with E-state index in [2.05, 4.69) is 20.9 Å². The van der Waals surface area contributed by atoms with Crippen LogP contribution in [0.3, 0.4) is 0 Å². The highest BCUT2D eigenvalue weighted by molar-refractivity contribution is 9.10. The summed E-state index contributed by atoms with van der Waals surface area (Å²) in [7, 11) is 0. The van der Waals surface area contributed by atoms with Crippen LogP contribution in [0.5, 0.6) is 11.5 Å². The SMILES string of the molecule is O=[N+]([O-])c1cn(Cc2cc3c(cc2Br)OCCO3)cn1. The van der Waals surface area contributed by atoms with E-state index in [4.69, 9.17) is 9.47 Å². The third-order valence-electron chi connectivity index (χ3n) is 2.87. The zero-order chi connectivity index (χ0) is 14.1. The predicted octanol–water partition coefficient (Wildman–Crippen LogP) is 2.37. The van der Waals surface area contributed by atoms with Gasteiger partial charge in [-0.05, 0) is 27.6 Å². The van der Waals surface area contributed by atoms with Crippen molar-refractivity contribution in [3.8, 4) is 11.5 Å². The van der Waals surface area contributed by atoms with Crippen LogP contribution in [0.4, 0.5) is 5.82 Å². The molecule has 0 unspecified atom stereocenters. The minimum atomic E-state index is -0.518. The Balaban J connectivity index is 1.88. The number of imidazole rings is 1. The summed E-state index contributed by atoms with van der Waals surface area (Å²) in [5, 5.41) is 10.6. The highest BCUT2D eigenvalue weighted by Gasteiger charge is 2.16. The molecule has 0 bridgehead atoms. The molecule has 2 aromatic rings.